The molecule has 0 spiro atoms. The Morgan fingerprint density at radius 1 is 1.00 bits per heavy atom. The van der Waals surface area contributed by atoms with E-state index in [1.54, 1.807) is 18.2 Å². The van der Waals surface area contributed by atoms with Gasteiger partial charge in [-0.1, -0.05) is 42.5 Å². The van der Waals surface area contributed by atoms with E-state index in [-0.39, 0.29) is 5.91 Å². The minimum atomic E-state index is 0.0815. The molecule has 0 atom stereocenters. The highest BCUT2D eigenvalue weighted by Crippen LogP contribution is 2.29. The number of carbonyl (C=O) groups excluding carboxylic acids is 1. The maximum atomic E-state index is 12.3. The molecule has 1 aliphatic rings. The normalized spacial score (nSPS) is 15.9. The second kappa shape index (κ2) is 7.14. The van der Waals surface area contributed by atoms with Gasteiger partial charge in [0.1, 0.15) is 5.75 Å². The number of amides is 1. The molecule has 0 saturated carbocycles. The molecule has 1 saturated heterocycles. The van der Waals surface area contributed by atoms with Crippen molar-refractivity contribution < 1.29 is 9.90 Å². The van der Waals surface area contributed by atoms with Crippen LogP contribution in [0.3, 0.4) is 0 Å². The minimum Gasteiger partial charge on any atom is -0.508 e. The summed E-state index contributed by atoms with van der Waals surface area (Å²) < 4.78 is 0. The van der Waals surface area contributed by atoms with Gasteiger partial charge in [0.05, 0.1) is 0 Å². The van der Waals surface area contributed by atoms with Crippen LogP contribution in [0.5, 0.6) is 5.75 Å². The van der Waals surface area contributed by atoms with Gasteiger partial charge in [0, 0.05) is 19.2 Å². The van der Waals surface area contributed by atoms with Gasteiger partial charge in [-0.05, 0) is 48.1 Å². The summed E-state index contributed by atoms with van der Waals surface area (Å²) in [4.78, 5) is 14.2. The van der Waals surface area contributed by atoms with Crippen LogP contribution in [0.2, 0.25) is 0 Å². The largest absolute Gasteiger partial charge is 0.508 e. The number of likely N-dealkylation sites (tertiary alicyclic amines) is 1. The highest BCUT2D eigenvalue weighted by atomic mass is 16.3. The number of piperidine rings is 1. The third-order valence-electron chi connectivity index (χ3n) is 4.39. The number of nitrogens with zero attached hydrogens (tertiary/aromatic N) is 1. The summed E-state index contributed by atoms with van der Waals surface area (Å²) in [5.74, 6) is 0.850. The van der Waals surface area contributed by atoms with E-state index in [0.717, 1.165) is 31.5 Å². The number of hydrogen-bond donors (Lipinski definition) is 1. The Kier molecular flexibility index (Phi) is 4.77. The van der Waals surface area contributed by atoms with Gasteiger partial charge >= 0.3 is 0 Å². The molecule has 0 bridgehead atoms. The molecule has 0 unspecified atom stereocenters. The number of rotatable bonds is 3. The Morgan fingerprint density at radius 3 is 2.30 bits per heavy atom. The first kappa shape index (κ1) is 15.3. The van der Waals surface area contributed by atoms with Crippen molar-refractivity contribution in [1.29, 1.82) is 0 Å². The first-order chi connectivity index (χ1) is 11.2. The molecule has 1 heterocycles. The molecule has 3 rings (SSSR count). The van der Waals surface area contributed by atoms with E-state index in [0.29, 0.717) is 11.7 Å². The van der Waals surface area contributed by atoms with Gasteiger partial charge in [-0.15, -0.1) is 0 Å². The number of phenolic OH excluding ortho intramolecular Hbond substituents is 1. The maximum Gasteiger partial charge on any atom is 0.246 e. The predicted octanol–water partition coefficient (Wildman–Crippen LogP) is 3.81. The third kappa shape index (κ3) is 4.01. The van der Waals surface area contributed by atoms with Crippen LogP contribution < -0.4 is 0 Å². The molecule has 0 radical (unpaired) electrons. The average molecular weight is 307 g/mol. The quantitative estimate of drug-likeness (QED) is 0.876. The van der Waals surface area contributed by atoms with Gasteiger partial charge in [0.2, 0.25) is 5.91 Å². The van der Waals surface area contributed by atoms with Crippen molar-refractivity contribution in [3.05, 3.63) is 71.8 Å². The lowest BCUT2D eigenvalue weighted by Crippen LogP contribution is -2.36. The van der Waals surface area contributed by atoms with Crippen molar-refractivity contribution in [1.82, 2.24) is 4.90 Å². The molecule has 1 fully saturated rings. The summed E-state index contributed by atoms with van der Waals surface area (Å²) in [5, 5.41) is 9.36. The molecule has 0 aromatic heterocycles. The van der Waals surface area contributed by atoms with Crippen molar-refractivity contribution in [3.8, 4) is 5.75 Å². The fourth-order valence-electron chi connectivity index (χ4n) is 3.02. The van der Waals surface area contributed by atoms with E-state index in [4.69, 9.17) is 0 Å². The lowest BCUT2D eigenvalue weighted by atomic mass is 9.89. The van der Waals surface area contributed by atoms with Crippen molar-refractivity contribution in [2.45, 2.75) is 18.8 Å². The summed E-state index contributed by atoms with van der Waals surface area (Å²) in [5.41, 5.74) is 2.29. The van der Waals surface area contributed by atoms with Crippen LogP contribution in [-0.2, 0) is 4.79 Å². The highest BCUT2D eigenvalue weighted by molar-refractivity contribution is 5.91. The van der Waals surface area contributed by atoms with Gasteiger partial charge in [-0.25, -0.2) is 0 Å². The fraction of sp³-hybridized carbons (Fsp3) is 0.250. The van der Waals surface area contributed by atoms with Crippen molar-refractivity contribution >= 4 is 12.0 Å². The van der Waals surface area contributed by atoms with E-state index in [2.05, 4.69) is 0 Å². The van der Waals surface area contributed by atoms with Crippen molar-refractivity contribution in [3.63, 3.8) is 0 Å². The third-order valence-corrected chi connectivity index (χ3v) is 4.39. The summed E-state index contributed by atoms with van der Waals surface area (Å²) in [7, 11) is 0. The van der Waals surface area contributed by atoms with Gasteiger partial charge in [-0.2, -0.15) is 0 Å². The van der Waals surface area contributed by atoms with Gasteiger partial charge < -0.3 is 10.0 Å². The molecule has 2 aromatic carbocycles. The van der Waals surface area contributed by atoms with Crippen LogP contribution in [0.4, 0.5) is 0 Å². The molecule has 3 nitrogen and oxygen atoms in total. The molecule has 3 heteroatoms. The molecule has 118 valence electrons. The number of benzene rings is 2. The Morgan fingerprint density at radius 2 is 1.65 bits per heavy atom. The van der Waals surface area contributed by atoms with Gasteiger partial charge in [-0.3, -0.25) is 4.79 Å². The number of hydrogen-bond acceptors (Lipinski definition) is 2. The molecular formula is C20H21NO2. The Balaban J connectivity index is 1.55. The molecule has 0 aliphatic carbocycles. The van der Waals surface area contributed by atoms with E-state index in [9.17, 15) is 9.90 Å². The average Bonchev–Trinajstić information content (AvgIpc) is 2.61. The zero-order valence-electron chi connectivity index (χ0n) is 13.1. The zero-order valence-corrected chi connectivity index (χ0v) is 13.1. The van der Waals surface area contributed by atoms with Crippen molar-refractivity contribution in [2.24, 2.45) is 0 Å². The summed E-state index contributed by atoms with van der Waals surface area (Å²) in [6.45, 7) is 1.56. The summed E-state index contributed by atoms with van der Waals surface area (Å²) >= 11 is 0. The minimum absolute atomic E-state index is 0.0815. The topological polar surface area (TPSA) is 40.5 Å². The second-order valence-electron chi connectivity index (χ2n) is 5.94. The number of carbonyl (C=O) groups is 1. The Bertz CT molecular complexity index is 669. The second-order valence-corrected chi connectivity index (χ2v) is 5.94. The first-order valence-corrected chi connectivity index (χ1v) is 8.03. The summed E-state index contributed by atoms with van der Waals surface area (Å²) in [6.07, 6.45) is 5.47. The lowest BCUT2D eigenvalue weighted by Gasteiger charge is -2.31. The summed E-state index contributed by atoms with van der Waals surface area (Å²) in [6, 6.07) is 17.3. The van der Waals surface area contributed by atoms with E-state index in [1.165, 1.54) is 5.56 Å². The monoisotopic (exact) mass is 307 g/mol. The maximum absolute atomic E-state index is 12.3. The van der Waals surface area contributed by atoms with E-state index in [1.807, 2.05) is 53.4 Å². The predicted molar refractivity (Wildman–Crippen MR) is 92.1 cm³/mol. The molecule has 2 aromatic rings. The zero-order chi connectivity index (χ0) is 16.1. The smallest absolute Gasteiger partial charge is 0.246 e. The van der Waals surface area contributed by atoms with E-state index < -0.39 is 0 Å². The lowest BCUT2D eigenvalue weighted by molar-refractivity contribution is -0.126. The highest BCUT2D eigenvalue weighted by Gasteiger charge is 2.22. The fourth-order valence-corrected chi connectivity index (χ4v) is 3.02. The van der Waals surface area contributed by atoms with Gasteiger partial charge in [0.25, 0.3) is 0 Å². The SMILES string of the molecule is O=C(/C=C/c1ccccc1)N1CCC(c2ccc(O)cc2)CC1. The van der Waals surface area contributed by atoms with E-state index >= 15 is 0 Å². The van der Waals surface area contributed by atoms with Crippen molar-refractivity contribution in [2.75, 3.05) is 13.1 Å². The molecular weight excluding hydrogens is 286 g/mol. The molecule has 1 amide bonds. The Hall–Kier alpha value is -2.55. The molecule has 23 heavy (non-hydrogen) atoms. The van der Waals surface area contributed by atoms with Crippen LogP contribution in [0.1, 0.15) is 29.9 Å². The van der Waals surface area contributed by atoms with Crippen LogP contribution in [-0.4, -0.2) is 29.0 Å². The van der Waals surface area contributed by atoms with Crippen LogP contribution >= 0.6 is 0 Å². The number of phenols is 1. The first-order valence-electron chi connectivity index (χ1n) is 8.03. The van der Waals surface area contributed by atoms with Crippen LogP contribution in [0.25, 0.3) is 6.08 Å². The standard InChI is InChI=1S/C20H21NO2/c22-19-9-7-17(8-10-19)18-12-14-21(15-13-18)20(23)11-6-16-4-2-1-3-5-16/h1-11,18,22H,12-15H2/b11-6+. The number of aromatic hydroxyl groups is 1. The van der Waals surface area contributed by atoms with Crippen LogP contribution in [0.15, 0.2) is 60.7 Å². The van der Waals surface area contributed by atoms with Gasteiger partial charge in [0.15, 0.2) is 0 Å². The Labute approximate surface area is 136 Å². The van der Waals surface area contributed by atoms with Crippen LogP contribution in [0, 0.1) is 0 Å². The molecule has 1 aliphatic heterocycles. The molecule has 1 N–H and O–H groups in total.